The van der Waals surface area contributed by atoms with E-state index < -0.39 is 5.37 Å². The molecule has 3 rings (SSSR count). The monoisotopic (exact) mass is 363 g/mol. The molecular formula is C16H14ClN3O3S. The lowest BCUT2D eigenvalue weighted by Gasteiger charge is -2.16. The summed E-state index contributed by atoms with van der Waals surface area (Å²) in [5, 5.41) is 8.53. The summed E-state index contributed by atoms with van der Waals surface area (Å²) < 4.78 is 5.88. The molecule has 1 atom stereocenters. The van der Waals surface area contributed by atoms with Crippen LogP contribution in [0, 0.1) is 0 Å². The highest BCUT2D eigenvalue weighted by molar-refractivity contribution is 8.14. The van der Waals surface area contributed by atoms with Gasteiger partial charge in [-0.2, -0.15) is 0 Å². The molecule has 124 valence electrons. The first-order valence-electron chi connectivity index (χ1n) is 7.12. The van der Waals surface area contributed by atoms with Crippen molar-refractivity contribution in [3.8, 4) is 11.3 Å². The van der Waals surface area contributed by atoms with Gasteiger partial charge in [0.1, 0.15) is 11.5 Å². The van der Waals surface area contributed by atoms with E-state index in [0.717, 1.165) is 5.56 Å². The molecule has 1 aliphatic rings. The van der Waals surface area contributed by atoms with E-state index >= 15 is 0 Å². The predicted molar refractivity (Wildman–Crippen MR) is 93.3 cm³/mol. The number of hydrogen-bond donors (Lipinski definition) is 1. The number of carbonyl (C=O) groups is 2. The number of nitrogens with one attached hydrogen (secondary N) is 1. The lowest BCUT2D eigenvalue weighted by atomic mass is 10.2. The van der Waals surface area contributed by atoms with Gasteiger partial charge in [0, 0.05) is 24.4 Å². The molecule has 1 aromatic heterocycles. The Labute approximate surface area is 147 Å². The molecule has 0 bridgehead atoms. The highest BCUT2D eigenvalue weighted by Gasteiger charge is 2.34. The number of thioether (sulfide) groups is 1. The zero-order valence-corrected chi connectivity index (χ0v) is 14.5. The van der Waals surface area contributed by atoms with E-state index in [0.29, 0.717) is 21.7 Å². The Kier molecular flexibility index (Phi) is 4.64. The summed E-state index contributed by atoms with van der Waals surface area (Å²) >= 11 is 7.25. The van der Waals surface area contributed by atoms with Crippen molar-refractivity contribution in [2.75, 3.05) is 0 Å². The van der Waals surface area contributed by atoms with Gasteiger partial charge in [0.05, 0.1) is 0 Å². The van der Waals surface area contributed by atoms with Gasteiger partial charge < -0.3 is 9.73 Å². The number of halogens is 1. The largest absolute Gasteiger partial charge is 0.458 e. The second-order valence-corrected chi connectivity index (χ2v) is 6.64. The second-order valence-electron chi connectivity index (χ2n) is 5.13. The number of hydrazone groups is 1. The first-order valence-corrected chi connectivity index (χ1v) is 8.38. The van der Waals surface area contributed by atoms with Crippen LogP contribution in [0.25, 0.3) is 11.3 Å². The number of amides is 2. The minimum absolute atomic E-state index is 0.242. The first kappa shape index (κ1) is 16.6. The number of furan rings is 1. The van der Waals surface area contributed by atoms with Crippen LogP contribution in [0.5, 0.6) is 0 Å². The Morgan fingerprint density at radius 3 is 2.75 bits per heavy atom. The standard InChI is InChI=1S/C16H14ClN3O3S/c1-9(21)18-16-19-20(10(2)22)15(24-16)14-7-6-13(23-14)11-4-3-5-12(17)8-11/h3-8,15H,1-2H3,(H,18,19,21). The van der Waals surface area contributed by atoms with Gasteiger partial charge in [0.2, 0.25) is 11.8 Å². The maximum Gasteiger partial charge on any atom is 0.241 e. The molecule has 0 saturated carbocycles. The molecule has 0 fully saturated rings. The van der Waals surface area contributed by atoms with E-state index in [2.05, 4.69) is 10.4 Å². The molecule has 6 nitrogen and oxygen atoms in total. The van der Waals surface area contributed by atoms with Crippen molar-refractivity contribution in [2.45, 2.75) is 19.2 Å². The summed E-state index contributed by atoms with van der Waals surface area (Å²) in [5.41, 5.74) is 0.842. The van der Waals surface area contributed by atoms with Gasteiger partial charge in [0.25, 0.3) is 0 Å². The summed E-state index contributed by atoms with van der Waals surface area (Å²) in [4.78, 5) is 23.0. The molecule has 0 saturated heterocycles. The number of benzene rings is 1. The Balaban J connectivity index is 1.86. The van der Waals surface area contributed by atoms with Crippen LogP contribution in [-0.2, 0) is 9.59 Å². The summed E-state index contributed by atoms with van der Waals surface area (Å²) in [7, 11) is 0. The average molecular weight is 364 g/mol. The van der Waals surface area contributed by atoms with Crippen molar-refractivity contribution in [2.24, 2.45) is 5.10 Å². The molecule has 2 amide bonds. The fourth-order valence-corrected chi connectivity index (χ4v) is 3.51. The Bertz CT molecular complexity index is 833. The highest BCUT2D eigenvalue weighted by atomic mass is 35.5. The lowest BCUT2D eigenvalue weighted by Crippen LogP contribution is -2.25. The molecule has 0 aliphatic carbocycles. The highest BCUT2D eigenvalue weighted by Crippen LogP contribution is 2.40. The van der Waals surface area contributed by atoms with E-state index in [9.17, 15) is 9.59 Å². The van der Waals surface area contributed by atoms with Gasteiger partial charge in [-0.3, -0.25) is 9.59 Å². The number of amidine groups is 1. The minimum Gasteiger partial charge on any atom is -0.458 e. The number of rotatable bonds is 2. The molecule has 0 spiro atoms. The van der Waals surface area contributed by atoms with Crippen molar-refractivity contribution in [1.29, 1.82) is 0 Å². The molecule has 2 aromatic rings. The fourth-order valence-electron chi connectivity index (χ4n) is 2.23. The fraction of sp³-hybridized carbons (Fsp3) is 0.188. The van der Waals surface area contributed by atoms with Crippen LogP contribution in [0.4, 0.5) is 0 Å². The van der Waals surface area contributed by atoms with Gasteiger partial charge in [-0.05, 0) is 24.3 Å². The van der Waals surface area contributed by atoms with Gasteiger partial charge in [0.15, 0.2) is 10.5 Å². The zero-order chi connectivity index (χ0) is 17.3. The zero-order valence-electron chi connectivity index (χ0n) is 12.9. The molecule has 1 aromatic carbocycles. The van der Waals surface area contributed by atoms with Gasteiger partial charge >= 0.3 is 0 Å². The third-order valence-electron chi connectivity index (χ3n) is 3.23. The molecule has 2 heterocycles. The Hall–Kier alpha value is -2.25. The van der Waals surface area contributed by atoms with Crippen LogP contribution in [-0.4, -0.2) is 22.0 Å². The average Bonchev–Trinajstić information content (AvgIpc) is 3.13. The molecule has 0 radical (unpaired) electrons. The van der Waals surface area contributed by atoms with Crippen molar-refractivity contribution in [3.63, 3.8) is 0 Å². The van der Waals surface area contributed by atoms with Gasteiger partial charge in [-0.25, -0.2) is 5.01 Å². The maximum atomic E-state index is 11.8. The van der Waals surface area contributed by atoms with E-state index in [4.69, 9.17) is 16.0 Å². The van der Waals surface area contributed by atoms with Gasteiger partial charge in [-0.1, -0.05) is 35.5 Å². The third-order valence-corrected chi connectivity index (χ3v) is 4.53. The maximum absolute atomic E-state index is 11.8. The van der Waals surface area contributed by atoms with Crippen molar-refractivity contribution in [1.82, 2.24) is 10.3 Å². The third kappa shape index (κ3) is 3.47. The van der Waals surface area contributed by atoms with E-state index in [1.807, 2.05) is 18.2 Å². The Morgan fingerprint density at radius 2 is 2.08 bits per heavy atom. The predicted octanol–water partition coefficient (Wildman–Crippen LogP) is 3.60. The number of nitrogens with zero attached hydrogens (tertiary/aromatic N) is 2. The van der Waals surface area contributed by atoms with Gasteiger partial charge in [-0.15, -0.1) is 5.10 Å². The van der Waals surface area contributed by atoms with Crippen LogP contribution in [0.3, 0.4) is 0 Å². The smallest absolute Gasteiger partial charge is 0.241 e. The summed E-state index contributed by atoms with van der Waals surface area (Å²) in [6, 6.07) is 10.9. The molecule has 1 unspecified atom stereocenters. The first-order chi connectivity index (χ1) is 11.4. The van der Waals surface area contributed by atoms with Crippen molar-refractivity contribution in [3.05, 3.63) is 47.2 Å². The normalized spacial score (nSPS) is 16.9. The minimum atomic E-state index is -0.461. The quantitative estimate of drug-likeness (QED) is 0.884. The molecule has 1 N–H and O–H groups in total. The number of hydrogen-bond acceptors (Lipinski definition) is 5. The van der Waals surface area contributed by atoms with E-state index in [1.54, 1.807) is 18.2 Å². The number of carbonyl (C=O) groups excluding carboxylic acids is 2. The van der Waals surface area contributed by atoms with Crippen LogP contribution in [0.1, 0.15) is 25.0 Å². The van der Waals surface area contributed by atoms with Crippen molar-refractivity contribution < 1.29 is 14.0 Å². The SMILES string of the molecule is CC(=O)NC1=NN(C(C)=O)C(c2ccc(-c3cccc(Cl)c3)o2)S1. The molecule has 8 heteroatoms. The molecular weight excluding hydrogens is 350 g/mol. The summed E-state index contributed by atoms with van der Waals surface area (Å²) in [6.45, 7) is 2.80. The summed E-state index contributed by atoms with van der Waals surface area (Å²) in [5.74, 6) is 0.719. The van der Waals surface area contributed by atoms with E-state index in [-0.39, 0.29) is 11.8 Å². The van der Waals surface area contributed by atoms with Crippen LogP contribution in [0.2, 0.25) is 5.02 Å². The molecule has 1 aliphatic heterocycles. The van der Waals surface area contributed by atoms with Crippen LogP contribution < -0.4 is 5.32 Å². The van der Waals surface area contributed by atoms with E-state index in [1.165, 1.54) is 30.6 Å². The second kappa shape index (κ2) is 6.70. The van der Waals surface area contributed by atoms with Crippen LogP contribution >= 0.6 is 23.4 Å². The lowest BCUT2D eigenvalue weighted by molar-refractivity contribution is -0.129. The summed E-state index contributed by atoms with van der Waals surface area (Å²) in [6.07, 6.45) is 0. The van der Waals surface area contributed by atoms with Crippen molar-refractivity contribution >= 4 is 40.3 Å². The topological polar surface area (TPSA) is 74.9 Å². The molecule has 24 heavy (non-hydrogen) atoms. The van der Waals surface area contributed by atoms with Crippen LogP contribution in [0.15, 0.2) is 45.9 Å². The Morgan fingerprint density at radius 1 is 1.29 bits per heavy atom.